The summed E-state index contributed by atoms with van der Waals surface area (Å²) in [6.07, 6.45) is 0.149. The smallest absolute Gasteiger partial charge is 0.257 e. The number of aliphatic hydroxyl groups excluding tert-OH is 1. The van der Waals surface area contributed by atoms with Crippen LogP contribution in [-0.4, -0.2) is 65.4 Å². The predicted octanol–water partition coefficient (Wildman–Crippen LogP) is 2.25. The minimum Gasteiger partial charge on any atom is -0.497 e. The molecule has 1 aromatic heterocycles. The quantitative estimate of drug-likeness (QED) is 0.558. The Morgan fingerprint density at radius 2 is 1.71 bits per heavy atom. The molecule has 184 valence electrons. The Labute approximate surface area is 203 Å². The first-order valence-corrected chi connectivity index (χ1v) is 11.5. The number of aryl methyl sites for hydroxylation is 1. The second-order valence-corrected chi connectivity index (χ2v) is 8.44. The van der Waals surface area contributed by atoms with Gasteiger partial charge in [-0.15, -0.1) is 0 Å². The molecule has 0 aliphatic carbocycles. The highest BCUT2D eigenvalue weighted by atomic mass is 19.1. The summed E-state index contributed by atoms with van der Waals surface area (Å²) in [7, 11) is 1.63. The van der Waals surface area contributed by atoms with Crippen LogP contribution in [0.2, 0.25) is 0 Å². The second-order valence-electron chi connectivity index (χ2n) is 8.44. The van der Waals surface area contributed by atoms with Gasteiger partial charge in [0.25, 0.3) is 5.56 Å². The third-order valence-corrected chi connectivity index (χ3v) is 6.30. The number of amides is 1. The standard InChI is InChI=1S/C26H29FN4O4/c1-18-23(11-16-32)26(34)31(25(28-18)19-3-5-20(27)6-4-19)17-24(33)30-14-12-29(13-15-30)21-7-9-22(35-2)10-8-21/h3-10,32H,11-17H2,1-2H3. The number of rotatable bonds is 7. The van der Waals surface area contributed by atoms with E-state index in [9.17, 15) is 19.1 Å². The molecule has 0 unspecified atom stereocenters. The zero-order chi connectivity index (χ0) is 24.9. The van der Waals surface area contributed by atoms with Crippen molar-refractivity contribution in [3.63, 3.8) is 0 Å². The summed E-state index contributed by atoms with van der Waals surface area (Å²) in [6.45, 7) is 3.70. The lowest BCUT2D eigenvalue weighted by atomic mass is 10.1. The number of carbonyl (C=O) groups is 1. The molecule has 8 nitrogen and oxygen atoms in total. The number of piperazine rings is 1. The van der Waals surface area contributed by atoms with Gasteiger partial charge in [-0.05, 0) is 55.5 Å². The Bertz CT molecular complexity index is 1230. The van der Waals surface area contributed by atoms with Crippen LogP contribution in [0.5, 0.6) is 5.75 Å². The molecule has 0 atom stereocenters. The molecule has 4 rings (SSSR count). The Balaban J connectivity index is 1.54. The van der Waals surface area contributed by atoms with E-state index in [-0.39, 0.29) is 31.0 Å². The summed E-state index contributed by atoms with van der Waals surface area (Å²) >= 11 is 0. The highest BCUT2D eigenvalue weighted by Gasteiger charge is 2.24. The van der Waals surface area contributed by atoms with E-state index in [0.29, 0.717) is 48.8 Å². The summed E-state index contributed by atoms with van der Waals surface area (Å²) in [5, 5.41) is 9.41. The van der Waals surface area contributed by atoms with Gasteiger partial charge in [0.05, 0.1) is 7.11 Å². The van der Waals surface area contributed by atoms with Crippen molar-refractivity contribution in [2.75, 3.05) is 44.8 Å². The number of nitrogens with zero attached hydrogens (tertiary/aromatic N) is 4. The van der Waals surface area contributed by atoms with Crippen LogP contribution >= 0.6 is 0 Å². The Hall–Kier alpha value is -3.72. The summed E-state index contributed by atoms with van der Waals surface area (Å²) in [5.74, 6) is 0.504. The molecule has 1 aliphatic rings. The molecular formula is C26H29FN4O4. The van der Waals surface area contributed by atoms with Crippen LogP contribution in [0.1, 0.15) is 11.3 Å². The van der Waals surface area contributed by atoms with Crippen LogP contribution < -0.4 is 15.2 Å². The number of carbonyl (C=O) groups excluding carboxylic acids is 1. The lowest BCUT2D eigenvalue weighted by Crippen LogP contribution is -2.50. The maximum Gasteiger partial charge on any atom is 0.257 e. The average Bonchev–Trinajstić information content (AvgIpc) is 2.88. The van der Waals surface area contributed by atoms with Crippen molar-refractivity contribution >= 4 is 11.6 Å². The number of aliphatic hydroxyl groups is 1. The first-order chi connectivity index (χ1) is 16.9. The van der Waals surface area contributed by atoms with Crippen molar-refractivity contribution in [1.29, 1.82) is 0 Å². The molecule has 2 aromatic carbocycles. The first kappa shape index (κ1) is 24.4. The summed E-state index contributed by atoms with van der Waals surface area (Å²) < 4.78 is 20.0. The zero-order valence-corrected chi connectivity index (χ0v) is 19.9. The van der Waals surface area contributed by atoms with E-state index >= 15 is 0 Å². The molecule has 0 saturated carbocycles. The third kappa shape index (κ3) is 5.35. The van der Waals surface area contributed by atoms with Crippen molar-refractivity contribution in [2.45, 2.75) is 19.9 Å². The molecule has 1 N–H and O–H groups in total. The van der Waals surface area contributed by atoms with E-state index in [4.69, 9.17) is 4.74 Å². The molecule has 2 heterocycles. The van der Waals surface area contributed by atoms with E-state index in [0.717, 1.165) is 11.4 Å². The van der Waals surface area contributed by atoms with E-state index < -0.39 is 5.82 Å². The van der Waals surface area contributed by atoms with Crippen molar-refractivity contribution in [3.05, 3.63) is 76.0 Å². The predicted molar refractivity (Wildman–Crippen MR) is 131 cm³/mol. The van der Waals surface area contributed by atoms with Crippen molar-refractivity contribution < 1.29 is 19.0 Å². The van der Waals surface area contributed by atoms with E-state index in [1.54, 1.807) is 18.9 Å². The van der Waals surface area contributed by atoms with E-state index in [1.807, 2.05) is 24.3 Å². The van der Waals surface area contributed by atoms with Crippen molar-refractivity contribution in [2.24, 2.45) is 0 Å². The topological polar surface area (TPSA) is 87.9 Å². The van der Waals surface area contributed by atoms with Crippen LogP contribution in [0.25, 0.3) is 11.4 Å². The van der Waals surface area contributed by atoms with Crippen LogP contribution in [-0.2, 0) is 17.8 Å². The van der Waals surface area contributed by atoms with Gasteiger partial charge < -0.3 is 19.6 Å². The number of hydrogen-bond donors (Lipinski definition) is 1. The fourth-order valence-electron chi connectivity index (χ4n) is 4.31. The van der Waals surface area contributed by atoms with Gasteiger partial charge >= 0.3 is 0 Å². The molecule has 3 aromatic rings. The van der Waals surface area contributed by atoms with E-state index in [2.05, 4.69) is 9.88 Å². The van der Waals surface area contributed by atoms with Gasteiger partial charge in [-0.3, -0.25) is 14.2 Å². The fraction of sp³-hybridized carbons (Fsp3) is 0.346. The Morgan fingerprint density at radius 1 is 1.06 bits per heavy atom. The number of methoxy groups -OCH3 is 1. The molecule has 1 amide bonds. The number of aromatic nitrogens is 2. The second kappa shape index (κ2) is 10.7. The maximum atomic E-state index is 13.5. The molecule has 0 spiro atoms. The SMILES string of the molecule is COc1ccc(N2CCN(C(=O)Cn3c(-c4ccc(F)cc4)nc(C)c(CCO)c3=O)CC2)cc1. The van der Waals surface area contributed by atoms with Gasteiger partial charge in [0, 0.05) is 61.7 Å². The minimum absolute atomic E-state index is 0.149. The van der Waals surface area contributed by atoms with Crippen LogP contribution in [0.15, 0.2) is 53.3 Å². The van der Waals surface area contributed by atoms with Crippen molar-refractivity contribution in [1.82, 2.24) is 14.5 Å². The highest BCUT2D eigenvalue weighted by Crippen LogP contribution is 2.22. The number of hydrogen-bond acceptors (Lipinski definition) is 6. The fourth-order valence-corrected chi connectivity index (χ4v) is 4.31. The van der Waals surface area contributed by atoms with Gasteiger partial charge in [0.1, 0.15) is 23.9 Å². The minimum atomic E-state index is -0.401. The number of ether oxygens (including phenoxy) is 1. The molecule has 0 radical (unpaired) electrons. The molecule has 9 heteroatoms. The van der Waals surface area contributed by atoms with Crippen molar-refractivity contribution in [3.8, 4) is 17.1 Å². The van der Waals surface area contributed by atoms with Gasteiger partial charge in [-0.2, -0.15) is 0 Å². The first-order valence-electron chi connectivity index (χ1n) is 11.5. The molecule has 0 bridgehead atoms. The monoisotopic (exact) mass is 480 g/mol. The average molecular weight is 481 g/mol. The highest BCUT2D eigenvalue weighted by molar-refractivity contribution is 5.77. The van der Waals surface area contributed by atoms with E-state index in [1.165, 1.54) is 28.8 Å². The molecule has 1 fully saturated rings. The Kier molecular flexibility index (Phi) is 7.45. The third-order valence-electron chi connectivity index (χ3n) is 6.30. The van der Waals surface area contributed by atoms with Gasteiger partial charge in [0.2, 0.25) is 5.91 Å². The number of benzene rings is 2. The van der Waals surface area contributed by atoms with Gasteiger partial charge in [0.15, 0.2) is 0 Å². The summed E-state index contributed by atoms with van der Waals surface area (Å²) in [6, 6.07) is 13.5. The molecule has 1 saturated heterocycles. The lowest BCUT2D eigenvalue weighted by Gasteiger charge is -2.36. The number of halogens is 1. The largest absolute Gasteiger partial charge is 0.497 e. The molecular weight excluding hydrogens is 451 g/mol. The van der Waals surface area contributed by atoms with Crippen LogP contribution in [0.3, 0.4) is 0 Å². The normalized spacial score (nSPS) is 13.7. The summed E-state index contributed by atoms with van der Waals surface area (Å²) in [4.78, 5) is 35.0. The summed E-state index contributed by atoms with van der Waals surface area (Å²) in [5.41, 5.74) is 2.09. The van der Waals surface area contributed by atoms with Crippen LogP contribution in [0.4, 0.5) is 10.1 Å². The Morgan fingerprint density at radius 3 is 2.31 bits per heavy atom. The van der Waals surface area contributed by atoms with Crippen LogP contribution in [0, 0.1) is 12.7 Å². The molecule has 1 aliphatic heterocycles. The number of anilines is 1. The molecule has 35 heavy (non-hydrogen) atoms. The lowest BCUT2D eigenvalue weighted by molar-refractivity contribution is -0.132. The van der Waals surface area contributed by atoms with Gasteiger partial charge in [-0.1, -0.05) is 0 Å². The maximum absolute atomic E-state index is 13.5. The zero-order valence-electron chi connectivity index (χ0n) is 19.9. The van der Waals surface area contributed by atoms with Gasteiger partial charge in [-0.25, -0.2) is 9.37 Å².